The summed E-state index contributed by atoms with van der Waals surface area (Å²) in [5, 5.41) is 3.84. The molecule has 0 saturated heterocycles. The number of rotatable bonds is 3. The van der Waals surface area contributed by atoms with Crippen molar-refractivity contribution in [3.8, 4) is 17.0 Å². The van der Waals surface area contributed by atoms with Crippen molar-refractivity contribution >= 4 is 34.5 Å². The molecule has 0 unspecified atom stereocenters. The predicted octanol–water partition coefficient (Wildman–Crippen LogP) is 3.58. The number of halogens is 2. The molecule has 17 heavy (non-hydrogen) atoms. The first-order chi connectivity index (χ1) is 8.15. The van der Waals surface area contributed by atoms with Gasteiger partial charge >= 0.3 is 0 Å². The van der Waals surface area contributed by atoms with Gasteiger partial charge in [-0.15, -0.1) is 11.3 Å². The molecule has 2 aromatic rings. The van der Waals surface area contributed by atoms with Crippen LogP contribution in [-0.2, 0) is 6.54 Å². The Bertz CT molecular complexity index is 542. The van der Waals surface area contributed by atoms with Crippen LogP contribution in [-0.4, -0.2) is 12.1 Å². The maximum atomic E-state index is 6.16. The van der Waals surface area contributed by atoms with Crippen LogP contribution in [0.1, 0.15) is 5.01 Å². The van der Waals surface area contributed by atoms with Gasteiger partial charge in [0, 0.05) is 23.6 Å². The van der Waals surface area contributed by atoms with Crippen molar-refractivity contribution in [1.29, 1.82) is 0 Å². The van der Waals surface area contributed by atoms with E-state index in [0.29, 0.717) is 22.3 Å². The standard InChI is InChI=1S/C11H10Cl2N2OS/c1-16-10-3-7(12)6(2-8(10)13)9-5-17-11(4-14)15-9/h2-3,5H,4,14H2,1H3. The van der Waals surface area contributed by atoms with Crippen molar-refractivity contribution in [3.63, 3.8) is 0 Å². The van der Waals surface area contributed by atoms with Crippen molar-refractivity contribution < 1.29 is 4.74 Å². The van der Waals surface area contributed by atoms with E-state index in [9.17, 15) is 0 Å². The van der Waals surface area contributed by atoms with Gasteiger partial charge in [-0.1, -0.05) is 23.2 Å². The lowest BCUT2D eigenvalue weighted by Gasteiger charge is -2.07. The Hall–Kier alpha value is -0.810. The summed E-state index contributed by atoms with van der Waals surface area (Å²) in [5.74, 6) is 0.551. The third kappa shape index (κ3) is 2.55. The molecule has 1 aromatic heterocycles. The lowest BCUT2D eigenvalue weighted by Crippen LogP contribution is -1.94. The van der Waals surface area contributed by atoms with Crippen LogP contribution in [0.5, 0.6) is 5.75 Å². The number of hydrogen-bond donors (Lipinski definition) is 1. The maximum absolute atomic E-state index is 6.16. The Labute approximate surface area is 113 Å². The highest BCUT2D eigenvalue weighted by Gasteiger charge is 2.12. The summed E-state index contributed by atoms with van der Waals surface area (Å²) >= 11 is 13.7. The molecule has 1 heterocycles. The third-order valence-electron chi connectivity index (χ3n) is 2.24. The second-order valence-corrected chi connectivity index (χ2v) is 5.05. The van der Waals surface area contributed by atoms with Crippen LogP contribution >= 0.6 is 34.5 Å². The summed E-state index contributed by atoms with van der Waals surface area (Å²) in [4.78, 5) is 4.37. The first-order valence-electron chi connectivity index (χ1n) is 4.83. The number of hydrogen-bond acceptors (Lipinski definition) is 4. The van der Waals surface area contributed by atoms with E-state index in [2.05, 4.69) is 4.98 Å². The highest BCUT2D eigenvalue weighted by molar-refractivity contribution is 7.09. The molecule has 0 aliphatic carbocycles. The van der Waals surface area contributed by atoms with Crippen molar-refractivity contribution in [1.82, 2.24) is 4.98 Å². The zero-order valence-electron chi connectivity index (χ0n) is 9.04. The molecule has 3 nitrogen and oxygen atoms in total. The monoisotopic (exact) mass is 288 g/mol. The Morgan fingerprint density at radius 3 is 2.71 bits per heavy atom. The smallest absolute Gasteiger partial charge is 0.138 e. The molecule has 0 radical (unpaired) electrons. The Balaban J connectivity index is 2.48. The van der Waals surface area contributed by atoms with E-state index >= 15 is 0 Å². The van der Waals surface area contributed by atoms with Gasteiger partial charge in [0.1, 0.15) is 10.8 Å². The average molecular weight is 289 g/mol. The van der Waals surface area contributed by atoms with E-state index < -0.39 is 0 Å². The van der Waals surface area contributed by atoms with Gasteiger partial charge < -0.3 is 10.5 Å². The van der Waals surface area contributed by atoms with Gasteiger partial charge in [-0.2, -0.15) is 0 Å². The summed E-state index contributed by atoms with van der Waals surface area (Å²) in [5.41, 5.74) is 7.09. The normalized spacial score (nSPS) is 10.6. The number of benzene rings is 1. The first-order valence-corrected chi connectivity index (χ1v) is 6.47. The molecular weight excluding hydrogens is 279 g/mol. The molecule has 0 spiro atoms. The number of aromatic nitrogens is 1. The molecule has 2 rings (SSSR count). The van der Waals surface area contributed by atoms with E-state index in [1.165, 1.54) is 11.3 Å². The number of nitrogens with two attached hydrogens (primary N) is 1. The summed E-state index contributed by atoms with van der Waals surface area (Å²) in [6, 6.07) is 3.43. The van der Waals surface area contributed by atoms with Crippen LogP contribution in [0, 0.1) is 0 Å². The summed E-state index contributed by atoms with van der Waals surface area (Å²) in [7, 11) is 1.55. The van der Waals surface area contributed by atoms with Crippen LogP contribution in [0.2, 0.25) is 10.0 Å². The van der Waals surface area contributed by atoms with Crippen LogP contribution in [0.3, 0.4) is 0 Å². The average Bonchev–Trinajstić information content (AvgIpc) is 2.80. The van der Waals surface area contributed by atoms with Crippen LogP contribution < -0.4 is 10.5 Å². The number of methoxy groups -OCH3 is 1. The van der Waals surface area contributed by atoms with E-state index in [4.69, 9.17) is 33.7 Å². The SMILES string of the molecule is COc1cc(Cl)c(-c2csc(CN)n2)cc1Cl. The quantitative estimate of drug-likeness (QED) is 0.939. The zero-order chi connectivity index (χ0) is 12.4. The lowest BCUT2D eigenvalue weighted by molar-refractivity contribution is 0.415. The predicted molar refractivity (Wildman–Crippen MR) is 72.0 cm³/mol. The summed E-state index contributed by atoms with van der Waals surface area (Å²) in [6.07, 6.45) is 0. The third-order valence-corrected chi connectivity index (χ3v) is 3.72. The van der Waals surface area contributed by atoms with Gasteiger partial charge in [-0.05, 0) is 6.07 Å². The fraction of sp³-hybridized carbons (Fsp3) is 0.182. The molecule has 0 atom stereocenters. The van der Waals surface area contributed by atoms with Crippen molar-refractivity contribution in [3.05, 3.63) is 32.6 Å². The molecule has 0 aliphatic rings. The Kier molecular flexibility index (Phi) is 3.89. The van der Waals surface area contributed by atoms with E-state index in [1.54, 1.807) is 19.2 Å². The van der Waals surface area contributed by atoms with Crippen molar-refractivity contribution in [2.45, 2.75) is 6.54 Å². The topological polar surface area (TPSA) is 48.1 Å². The minimum atomic E-state index is 0.423. The van der Waals surface area contributed by atoms with Gasteiger partial charge in [-0.25, -0.2) is 4.98 Å². The Morgan fingerprint density at radius 2 is 2.12 bits per heavy atom. The number of thiazole rings is 1. The largest absolute Gasteiger partial charge is 0.495 e. The van der Waals surface area contributed by atoms with Gasteiger partial charge in [0.2, 0.25) is 0 Å². The molecule has 0 fully saturated rings. The molecule has 0 aliphatic heterocycles. The van der Waals surface area contributed by atoms with Crippen molar-refractivity contribution in [2.75, 3.05) is 7.11 Å². The van der Waals surface area contributed by atoms with E-state index in [-0.39, 0.29) is 0 Å². The molecule has 2 N–H and O–H groups in total. The second kappa shape index (κ2) is 5.23. The fourth-order valence-corrected chi connectivity index (χ4v) is 2.58. The summed E-state index contributed by atoms with van der Waals surface area (Å²) < 4.78 is 5.09. The zero-order valence-corrected chi connectivity index (χ0v) is 11.4. The van der Waals surface area contributed by atoms with Gasteiger partial charge in [0.25, 0.3) is 0 Å². The first kappa shape index (κ1) is 12.6. The van der Waals surface area contributed by atoms with Gasteiger partial charge in [-0.3, -0.25) is 0 Å². The second-order valence-electron chi connectivity index (χ2n) is 3.30. The molecule has 0 amide bonds. The van der Waals surface area contributed by atoms with E-state index in [0.717, 1.165) is 16.3 Å². The molecule has 0 bridgehead atoms. The molecule has 1 aromatic carbocycles. The van der Waals surface area contributed by atoms with E-state index in [1.807, 2.05) is 5.38 Å². The summed E-state index contributed by atoms with van der Waals surface area (Å²) in [6.45, 7) is 0.423. The van der Waals surface area contributed by atoms with Crippen LogP contribution in [0.25, 0.3) is 11.3 Å². The lowest BCUT2D eigenvalue weighted by atomic mass is 10.1. The number of nitrogens with zero attached hydrogens (tertiary/aromatic N) is 1. The number of ether oxygens (including phenoxy) is 1. The Morgan fingerprint density at radius 1 is 1.35 bits per heavy atom. The molecule has 0 saturated carbocycles. The fourth-order valence-electron chi connectivity index (χ4n) is 1.41. The molecular formula is C11H10Cl2N2OS. The molecule has 90 valence electrons. The maximum Gasteiger partial charge on any atom is 0.138 e. The van der Waals surface area contributed by atoms with Crippen molar-refractivity contribution in [2.24, 2.45) is 5.73 Å². The van der Waals surface area contributed by atoms with Gasteiger partial charge in [0.05, 0.1) is 22.8 Å². The van der Waals surface area contributed by atoms with Gasteiger partial charge in [0.15, 0.2) is 0 Å². The van der Waals surface area contributed by atoms with Crippen LogP contribution in [0.4, 0.5) is 0 Å². The highest BCUT2D eigenvalue weighted by Crippen LogP contribution is 2.36. The molecule has 6 heteroatoms. The minimum absolute atomic E-state index is 0.423. The highest BCUT2D eigenvalue weighted by atomic mass is 35.5. The van der Waals surface area contributed by atoms with Crippen LogP contribution in [0.15, 0.2) is 17.5 Å². The minimum Gasteiger partial charge on any atom is -0.495 e.